The molecule has 3 rings (SSSR count). The van der Waals surface area contributed by atoms with Crippen LogP contribution >= 0.6 is 0 Å². The van der Waals surface area contributed by atoms with Crippen LogP contribution in [0, 0.1) is 0 Å². The van der Waals surface area contributed by atoms with E-state index < -0.39 is 0 Å². The van der Waals surface area contributed by atoms with Crippen LogP contribution in [-0.2, 0) is 11.3 Å². The molecule has 1 unspecified atom stereocenters. The van der Waals surface area contributed by atoms with Crippen LogP contribution in [0.4, 0.5) is 0 Å². The highest BCUT2D eigenvalue weighted by molar-refractivity contribution is 5.43. The van der Waals surface area contributed by atoms with Crippen LogP contribution in [0.2, 0.25) is 0 Å². The lowest BCUT2D eigenvalue weighted by molar-refractivity contribution is -0.0264. The Kier molecular flexibility index (Phi) is 3.72. The maximum atomic E-state index is 5.64. The topological polar surface area (TPSA) is 108 Å². The number of morpholine rings is 1. The summed E-state index contributed by atoms with van der Waals surface area (Å²) in [5, 5.41) is 11.9. The molecular formula is C11H17N7O2. The number of hydrogen-bond donors (Lipinski definition) is 1. The highest BCUT2D eigenvalue weighted by Crippen LogP contribution is 2.21. The predicted octanol–water partition coefficient (Wildman–Crippen LogP) is -0.710. The average molecular weight is 279 g/mol. The zero-order valence-electron chi connectivity index (χ0n) is 11.3. The van der Waals surface area contributed by atoms with Crippen molar-refractivity contribution >= 4 is 0 Å². The van der Waals surface area contributed by atoms with Gasteiger partial charge in [0.2, 0.25) is 5.82 Å². The Balaban J connectivity index is 1.75. The van der Waals surface area contributed by atoms with E-state index in [1.807, 2.05) is 7.05 Å². The van der Waals surface area contributed by atoms with Crippen molar-refractivity contribution in [3.05, 3.63) is 12.0 Å². The van der Waals surface area contributed by atoms with Gasteiger partial charge in [-0.05, 0) is 7.05 Å². The minimum absolute atomic E-state index is 0.162. The number of nitrogens with zero attached hydrogens (tertiary/aromatic N) is 6. The fourth-order valence-corrected chi connectivity index (χ4v) is 2.04. The van der Waals surface area contributed by atoms with Crippen molar-refractivity contribution in [2.75, 3.05) is 33.3 Å². The number of rotatable bonds is 4. The zero-order chi connectivity index (χ0) is 13.9. The van der Waals surface area contributed by atoms with Gasteiger partial charge in [-0.15, -0.1) is 5.10 Å². The minimum atomic E-state index is -0.162. The van der Waals surface area contributed by atoms with Crippen molar-refractivity contribution in [2.24, 2.45) is 5.73 Å². The summed E-state index contributed by atoms with van der Waals surface area (Å²) >= 11 is 0. The first kappa shape index (κ1) is 13.2. The van der Waals surface area contributed by atoms with Crippen LogP contribution in [0.15, 0.2) is 10.7 Å². The summed E-state index contributed by atoms with van der Waals surface area (Å²) in [6.45, 7) is 3.43. The molecule has 0 bridgehead atoms. The summed E-state index contributed by atoms with van der Waals surface area (Å²) in [6.07, 6.45) is 1.57. The van der Waals surface area contributed by atoms with Crippen molar-refractivity contribution in [3.8, 4) is 11.6 Å². The van der Waals surface area contributed by atoms with E-state index in [-0.39, 0.29) is 6.10 Å². The van der Waals surface area contributed by atoms with Crippen molar-refractivity contribution < 1.29 is 9.26 Å². The van der Waals surface area contributed by atoms with Gasteiger partial charge in [0.1, 0.15) is 6.10 Å². The number of aromatic nitrogens is 5. The summed E-state index contributed by atoms with van der Waals surface area (Å²) in [4.78, 5) is 6.50. The second-order valence-corrected chi connectivity index (χ2v) is 4.73. The highest BCUT2D eigenvalue weighted by atomic mass is 16.5. The van der Waals surface area contributed by atoms with Crippen molar-refractivity contribution in [2.45, 2.75) is 12.6 Å². The zero-order valence-corrected chi connectivity index (χ0v) is 11.3. The lowest BCUT2D eigenvalue weighted by Crippen LogP contribution is -2.35. The second-order valence-electron chi connectivity index (χ2n) is 4.73. The predicted molar refractivity (Wildman–Crippen MR) is 68.6 cm³/mol. The largest absolute Gasteiger partial charge is 0.367 e. The van der Waals surface area contributed by atoms with Crippen LogP contribution < -0.4 is 5.73 Å². The molecule has 108 valence electrons. The molecule has 1 aliphatic heterocycles. The van der Waals surface area contributed by atoms with Crippen LogP contribution in [0.1, 0.15) is 11.9 Å². The molecule has 1 atom stereocenters. The molecular weight excluding hydrogens is 262 g/mol. The van der Waals surface area contributed by atoms with Gasteiger partial charge in [-0.3, -0.25) is 4.68 Å². The molecule has 0 aromatic carbocycles. The van der Waals surface area contributed by atoms with E-state index in [9.17, 15) is 0 Å². The Morgan fingerprint density at radius 2 is 2.40 bits per heavy atom. The molecule has 0 saturated carbocycles. The lowest BCUT2D eigenvalue weighted by atomic mass is 10.3. The molecule has 20 heavy (non-hydrogen) atoms. The fraction of sp³-hybridized carbons (Fsp3) is 0.636. The van der Waals surface area contributed by atoms with Gasteiger partial charge in [0.25, 0.3) is 5.89 Å². The Labute approximate surface area is 115 Å². The smallest absolute Gasteiger partial charge is 0.280 e. The molecule has 1 aliphatic rings. The van der Waals surface area contributed by atoms with Crippen molar-refractivity contribution in [1.29, 1.82) is 0 Å². The first-order valence-corrected chi connectivity index (χ1v) is 6.50. The van der Waals surface area contributed by atoms with Gasteiger partial charge in [-0.1, -0.05) is 10.4 Å². The quantitative estimate of drug-likeness (QED) is 0.782. The van der Waals surface area contributed by atoms with E-state index in [0.29, 0.717) is 37.1 Å². The molecule has 0 aliphatic carbocycles. The maximum absolute atomic E-state index is 5.64. The SMILES string of the molecule is CN1CCOC(c2noc(-c3cn(CCN)nn3)n2)C1. The summed E-state index contributed by atoms with van der Waals surface area (Å²) in [6, 6.07) is 0. The molecule has 3 heterocycles. The number of ether oxygens (including phenoxy) is 1. The molecule has 2 N–H and O–H groups in total. The molecule has 1 saturated heterocycles. The standard InChI is InChI=1S/C11H17N7O2/c1-17-4-5-19-9(7-17)10-13-11(20-15-10)8-6-18(3-2-12)16-14-8/h6,9H,2-5,7,12H2,1H3. The van der Waals surface area contributed by atoms with E-state index >= 15 is 0 Å². The fourth-order valence-electron chi connectivity index (χ4n) is 2.04. The number of hydrogen-bond acceptors (Lipinski definition) is 8. The van der Waals surface area contributed by atoms with E-state index in [4.69, 9.17) is 15.0 Å². The molecule has 0 amide bonds. The summed E-state index contributed by atoms with van der Waals surface area (Å²) in [5.41, 5.74) is 6.00. The van der Waals surface area contributed by atoms with E-state index in [2.05, 4.69) is 25.4 Å². The van der Waals surface area contributed by atoms with Crippen LogP contribution in [0.5, 0.6) is 0 Å². The van der Waals surface area contributed by atoms with E-state index in [0.717, 1.165) is 13.1 Å². The van der Waals surface area contributed by atoms with Gasteiger partial charge >= 0.3 is 0 Å². The number of nitrogens with two attached hydrogens (primary N) is 1. The van der Waals surface area contributed by atoms with E-state index in [1.54, 1.807) is 10.9 Å². The highest BCUT2D eigenvalue weighted by Gasteiger charge is 2.25. The van der Waals surface area contributed by atoms with Crippen molar-refractivity contribution in [3.63, 3.8) is 0 Å². The van der Waals surface area contributed by atoms with Gasteiger partial charge in [0, 0.05) is 19.6 Å². The molecule has 0 radical (unpaired) electrons. The molecule has 2 aromatic heterocycles. The second kappa shape index (κ2) is 5.65. The lowest BCUT2D eigenvalue weighted by Gasteiger charge is -2.27. The van der Waals surface area contributed by atoms with Crippen LogP contribution in [0.3, 0.4) is 0 Å². The third-order valence-corrected chi connectivity index (χ3v) is 3.12. The molecule has 1 fully saturated rings. The molecule has 0 spiro atoms. The van der Waals surface area contributed by atoms with Crippen LogP contribution in [-0.4, -0.2) is 63.3 Å². The first-order valence-electron chi connectivity index (χ1n) is 6.50. The van der Waals surface area contributed by atoms with Gasteiger partial charge in [0.05, 0.1) is 19.3 Å². The Bertz CT molecular complexity index is 567. The first-order chi connectivity index (χ1) is 9.76. The third-order valence-electron chi connectivity index (χ3n) is 3.12. The van der Waals surface area contributed by atoms with Gasteiger partial charge in [-0.2, -0.15) is 4.98 Å². The summed E-state index contributed by atoms with van der Waals surface area (Å²) < 4.78 is 12.5. The Morgan fingerprint density at radius 1 is 1.50 bits per heavy atom. The normalized spacial score (nSPS) is 20.4. The Morgan fingerprint density at radius 3 is 3.20 bits per heavy atom. The van der Waals surface area contributed by atoms with Gasteiger partial charge in [0.15, 0.2) is 5.69 Å². The van der Waals surface area contributed by atoms with Gasteiger partial charge < -0.3 is 19.9 Å². The third kappa shape index (κ3) is 2.69. The minimum Gasteiger partial charge on any atom is -0.367 e. The maximum Gasteiger partial charge on any atom is 0.280 e. The molecule has 9 heteroatoms. The number of likely N-dealkylation sites (N-methyl/N-ethyl adjacent to an activating group) is 1. The van der Waals surface area contributed by atoms with Crippen LogP contribution in [0.25, 0.3) is 11.6 Å². The Hall–Kier alpha value is -1.84. The monoisotopic (exact) mass is 279 g/mol. The molecule has 9 nitrogen and oxygen atoms in total. The summed E-state index contributed by atoms with van der Waals surface area (Å²) in [7, 11) is 2.04. The summed E-state index contributed by atoms with van der Waals surface area (Å²) in [5.74, 6) is 0.889. The average Bonchev–Trinajstić information content (AvgIpc) is 3.07. The van der Waals surface area contributed by atoms with Gasteiger partial charge in [-0.25, -0.2) is 0 Å². The molecule has 2 aromatic rings. The van der Waals surface area contributed by atoms with E-state index in [1.165, 1.54) is 0 Å². The van der Waals surface area contributed by atoms with Crippen molar-refractivity contribution in [1.82, 2.24) is 30.0 Å².